The third kappa shape index (κ3) is 1.44. The zero-order valence-corrected chi connectivity index (χ0v) is 10.5. The number of thiophene rings is 1. The van der Waals surface area contributed by atoms with E-state index in [0.717, 1.165) is 11.1 Å². The highest BCUT2D eigenvalue weighted by molar-refractivity contribution is 9.08. The Hall–Kier alpha value is -0.540. The van der Waals surface area contributed by atoms with Crippen LogP contribution < -0.4 is 4.74 Å². The number of halogens is 1. The maximum atomic E-state index is 5.35. The van der Waals surface area contributed by atoms with Gasteiger partial charge in [-0.3, -0.25) is 0 Å². The van der Waals surface area contributed by atoms with Crippen molar-refractivity contribution < 1.29 is 4.74 Å². The van der Waals surface area contributed by atoms with Crippen molar-refractivity contribution in [2.24, 2.45) is 0 Å². The lowest BCUT2D eigenvalue weighted by atomic mass is 10.1. The number of benzene rings is 1. The second-order valence-corrected chi connectivity index (χ2v) is 4.63. The van der Waals surface area contributed by atoms with Gasteiger partial charge < -0.3 is 4.74 Å². The molecule has 0 aliphatic rings. The molecule has 0 saturated carbocycles. The van der Waals surface area contributed by atoms with Crippen molar-refractivity contribution in [3.05, 3.63) is 28.6 Å². The molecule has 14 heavy (non-hydrogen) atoms. The SMILES string of the molecule is COc1cc2ccsc2c(CBr)c1C. The summed E-state index contributed by atoms with van der Waals surface area (Å²) in [6.07, 6.45) is 0. The highest BCUT2D eigenvalue weighted by atomic mass is 79.9. The Kier molecular flexibility index (Phi) is 2.79. The zero-order chi connectivity index (χ0) is 10.1. The topological polar surface area (TPSA) is 9.23 Å². The van der Waals surface area contributed by atoms with Crippen LogP contribution in [0.1, 0.15) is 11.1 Å². The average Bonchev–Trinajstić information content (AvgIpc) is 2.64. The minimum atomic E-state index is 0.882. The molecule has 2 rings (SSSR count). The molecule has 0 saturated heterocycles. The highest BCUT2D eigenvalue weighted by Gasteiger charge is 2.10. The summed E-state index contributed by atoms with van der Waals surface area (Å²) in [6, 6.07) is 4.24. The molecule has 0 N–H and O–H groups in total. The van der Waals surface area contributed by atoms with E-state index in [2.05, 4.69) is 40.4 Å². The molecular weight excluding hydrogens is 260 g/mol. The Morgan fingerprint density at radius 3 is 2.93 bits per heavy atom. The van der Waals surface area contributed by atoms with Crippen molar-refractivity contribution >= 4 is 37.4 Å². The largest absolute Gasteiger partial charge is 0.496 e. The Balaban J connectivity index is 2.80. The summed E-state index contributed by atoms with van der Waals surface area (Å²) in [5.41, 5.74) is 2.58. The molecule has 0 spiro atoms. The van der Waals surface area contributed by atoms with Crippen molar-refractivity contribution in [1.29, 1.82) is 0 Å². The van der Waals surface area contributed by atoms with E-state index < -0.39 is 0 Å². The molecule has 0 aliphatic carbocycles. The first kappa shape index (κ1) is 9.99. The van der Waals surface area contributed by atoms with Crippen LogP contribution in [0.4, 0.5) is 0 Å². The normalized spacial score (nSPS) is 10.8. The van der Waals surface area contributed by atoms with E-state index in [-0.39, 0.29) is 0 Å². The van der Waals surface area contributed by atoms with Crippen molar-refractivity contribution in [2.75, 3.05) is 7.11 Å². The van der Waals surface area contributed by atoms with Crippen LogP contribution >= 0.6 is 27.3 Å². The molecular formula is C11H11BrOS. The molecule has 0 fully saturated rings. The quantitative estimate of drug-likeness (QED) is 0.747. The van der Waals surface area contributed by atoms with Gasteiger partial charge in [0, 0.05) is 10.0 Å². The lowest BCUT2D eigenvalue weighted by Crippen LogP contribution is -1.91. The van der Waals surface area contributed by atoms with Gasteiger partial charge in [-0.1, -0.05) is 15.9 Å². The monoisotopic (exact) mass is 270 g/mol. The molecule has 1 aromatic carbocycles. The highest BCUT2D eigenvalue weighted by Crippen LogP contribution is 2.34. The van der Waals surface area contributed by atoms with Gasteiger partial charge in [-0.15, -0.1) is 11.3 Å². The molecule has 3 heteroatoms. The van der Waals surface area contributed by atoms with Gasteiger partial charge >= 0.3 is 0 Å². The van der Waals surface area contributed by atoms with E-state index in [0.29, 0.717) is 0 Å². The van der Waals surface area contributed by atoms with Crippen LogP contribution in [0.25, 0.3) is 10.1 Å². The third-order valence-electron chi connectivity index (χ3n) is 2.43. The second kappa shape index (κ2) is 3.91. The maximum absolute atomic E-state index is 5.35. The number of hydrogen-bond acceptors (Lipinski definition) is 2. The molecule has 1 aromatic heterocycles. The van der Waals surface area contributed by atoms with E-state index in [4.69, 9.17) is 4.74 Å². The summed E-state index contributed by atoms with van der Waals surface area (Å²) in [5.74, 6) is 0.977. The van der Waals surface area contributed by atoms with E-state index in [9.17, 15) is 0 Å². The molecule has 0 atom stereocenters. The fourth-order valence-electron chi connectivity index (χ4n) is 1.62. The van der Waals surface area contributed by atoms with E-state index in [1.54, 1.807) is 18.4 Å². The van der Waals surface area contributed by atoms with Gasteiger partial charge in [0.1, 0.15) is 5.75 Å². The predicted molar refractivity (Wildman–Crippen MR) is 65.7 cm³/mol. The lowest BCUT2D eigenvalue weighted by molar-refractivity contribution is 0.412. The number of rotatable bonds is 2. The minimum Gasteiger partial charge on any atom is -0.496 e. The zero-order valence-electron chi connectivity index (χ0n) is 8.13. The number of ether oxygens (including phenoxy) is 1. The van der Waals surface area contributed by atoms with Crippen molar-refractivity contribution in [2.45, 2.75) is 12.3 Å². The Morgan fingerprint density at radius 1 is 1.50 bits per heavy atom. The van der Waals surface area contributed by atoms with Crippen LogP contribution in [0.2, 0.25) is 0 Å². The van der Waals surface area contributed by atoms with Gasteiger partial charge in [-0.25, -0.2) is 0 Å². The first-order chi connectivity index (χ1) is 6.77. The molecule has 0 bridgehead atoms. The predicted octanol–water partition coefficient (Wildman–Crippen LogP) is 4.11. The smallest absolute Gasteiger partial charge is 0.122 e. The summed E-state index contributed by atoms with van der Waals surface area (Å²) in [5, 5.41) is 4.27. The molecule has 0 unspecified atom stereocenters. The van der Waals surface area contributed by atoms with E-state index in [1.807, 2.05) is 0 Å². The molecule has 2 aromatic rings. The fraction of sp³-hybridized carbons (Fsp3) is 0.273. The number of alkyl halides is 1. The molecule has 74 valence electrons. The summed E-state index contributed by atoms with van der Waals surface area (Å²) >= 11 is 5.31. The lowest BCUT2D eigenvalue weighted by Gasteiger charge is -2.09. The van der Waals surface area contributed by atoms with Crippen molar-refractivity contribution in [3.8, 4) is 5.75 Å². The molecule has 0 amide bonds. The number of fused-ring (bicyclic) bond motifs is 1. The van der Waals surface area contributed by atoms with Gasteiger partial charge in [-0.05, 0) is 40.9 Å². The average molecular weight is 271 g/mol. The van der Waals surface area contributed by atoms with Gasteiger partial charge in [0.25, 0.3) is 0 Å². The van der Waals surface area contributed by atoms with Crippen LogP contribution in [0, 0.1) is 6.92 Å². The summed E-state index contributed by atoms with van der Waals surface area (Å²) < 4.78 is 6.71. The molecule has 1 heterocycles. The van der Waals surface area contributed by atoms with Gasteiger partial charge in [-0.2, -0.15) is 0 Å². The summed E-state index contributed by atoms with van der Waals surface area (Å²) in [4.78, 5) is 0. The standard InChI is InChI=1S/C11H11BrOS/c1-7-9(6-12)11-8(3-4-14-11)5-10(7)13-2/h3-5H,6H2,1-2H3. The number of hydrogen-bond donors (Lipinski definition) is 0. The Labute approximate surface area is 95.8 Å². The molecule has 1 nitrogen and oxygen atoms in total. The maximum Gasteiger partial charge on any atom is 0.122 e. The van der Waals surface area contributed by atoms with Gasteiger partial charge in [0.15, 0.2) is 0 Å². The van der Waals surface area contributed by atoms with Crippen molar-refractivity contribution in [3.63, 3.8) is 0 Å². The second-order valence-electron chi connectivity index (χ2n) is 3.15. The molecule has 0 radical (unpaired) electrons. The van der Waals surface area contributed by atoms with E-state index >= 15 is 0 Å². The summed E-state index contributed by atoms with van der Waals surface area (Å²) in [6.45, 7) is 2.11. The molecule has 0 aliphatic heterocycles. The Bertz CT molecular complexity index is 462. The van der Waals surface area contributed by atoms with Crippen molar-refractivity contribution in [1.82, 2.24) is 0 Å². The van der Waals surface area contributed by atoms with Crippen LogP contribution in [-0.2, 0) is 5.33 Å². The number of methoxy groups -OCH3 is 1. The van der Waals surface area contributed by atoms with Gasteiger partial charge in [0.05, 0.1) is 7.11 Å². The first-order valence-electron chi connectivity index (χ1n) is 4.37. The third-order valence-corrected chi connectivity index (χ3v) is 3.98. The fourth-order valence-corrected chi connectivity index (χ4v) is 3.49. The first-order valence-corrected chi connectivity index (χ1v) is 6.37. The van der Waals surface area contributed by atoms with Crippen LogP contribution in [0.3, 0.4) is 0 Å². The van der Waals surface area contributed by atoms with Crippen LogP contribution in [-0.4, -0.2) is 7.11 Å². The van der Waals surface area contributed by atoms with Crippen LogP contribution in [0.5, 0.6) is 5.75 Å². The van der Waals surface area contributed by atoms with Gasteiger partial charge in [0.2, 0.25) is 0 Å². The Morgan fingerprint density at radius 2 is 2.29 bits per heavy atom. The minimum absolute atomic E-state index is 0.882. The summed E-state index contributed by atoms with van der Waals surface area (Å²) in [7, 11) is 1.72. The van der Waals surface area contributed by atoms with E-state index in [1.165, 1.54) is 21.2 Å². The van der Waals surface area contributed by atoms with Crippen LogP contribution in [0.15, 0.2) is 17.5 Å².